The minimum Gasteiger partial charge on any atom is -0.481 e. The predicted molar refractivity (Wildman–Crippen MR) is 75.1 cm³/mol. The summed E-state index contributed by atoms with van der Waals surface area (Å²) in [7, 11) is 0. The van der Waals surface area contributed by atoms with Gasteiger partial charge in [-0.15, -0.1) is 0 Å². The number of hydrogen-bond donors (Lipinski definition) is 2. The van der Waals surface area contributed by atoms with Crippen LogP contribution < -0.4 is 5.32 Å². The molecular weight excluding hydrogens is 274 g/mol. The predicted octanol–water partition coefficient (Wildman–Crippen LogP) is 1.13. The maximum atomic E-state index is 12.1. The van der Waals surface area contributed by atoms with Gasteiger partial charge in [-0.2, -0.15) is 10.2 Å². The van der Waals surface area contributed by atoms with Gasteiger partial charge in [0.1, 0.15) is 0 Å². The van der Waals surface area contributed by atoms with Gasteiger partial charge in [-0.1, -0.05) is 0 Å². The van der Waals surface area contributed by atoms with Crippen LogP contribution in [0.2, 0.25) is 0 Å². The summed E-state index contributed by atoms with van der Waals surface area (Å²) in [5.41, 5.74) is 1.91. The van der Waals surface area contributed by atoms with Crippen LogP contribution in [0, 0.1) is 6.92 Å². The summed E-state index contributed by atoms with van der Waals surface area (Å²) in [6.45, 7) is 4.81. The number of carbonyl (C=O) groups excluding carboxylic acids is 1. The maximum Gasteiger partial charge on any atom is 0.305 e. The third kappa shape index (κ3) is 3.47. The van der Waals surface area contributed by atoms with Crippen LogP contribution in [0.5, 0.6) is 0 Å². The second-order valence-corrected chi connectivity index (χ2v) is 4.55. The molecule has 0 aliphatic heterocycles. The summed E-state index contributed by atoms with van der Waals surface area (Å²) in [4.78, 5) is 22.6. The highest BCUT2D eigenvalue weighted by molar-refractivity contribution is 6.04. The number of aromatic nitrogens is 4. The van der Waals surface area contributed by atoms with Crippen LogP contribution in [-0.2, 0) is 17.9 Å². The van der Waals surface area contributed by atoms with E-state index in [9.17, 15) is 9.59 Å². The number of carbonyl (C=O) groups is 2. The Morgan fingerprint density at radius 1 is 1.33 bits per heavy atom. The van der Waals surface area contributed by atoms with E-state index in [1.54, 1.807) is 10.9 Å². The van der Waals surface area contributed by atoms with Gasteiger partial charge in [-0.25, -0.2) is 0 Å². The number of aryl methyl sites for hydroxylation is 2. The van der Waals surface area contributed by atoms with Gasteiger partial charge in [0.15, 0.2) is 0 Å². The largest absolute Gasteiger partial charge is 0.481 e. The van der Waals surface area contributed by atoms with Crippen molar-refractivity contribution in [2.24, 2.45) is 0 Å². The lowest BCUT2D eigenvalue weighted by Gasteiger charge is -2.03. The van der Waals surface area contributed by atoms with E-state index < -0.39 is 5.97 Å². The van der Waals surface area contributed by atoms with Crippen LogP contribution in [0.25, 0.3) is 0 Å². The molecular formula is C13H17N5O3. The van der Waals surface area contributed by atoms with Gasteiger partial charge in [-0.3, -0.25) is 19.0 Å². The highest BCUT2D eigenvalue weighted by atomic mass is 16.4. The minimum absolute atomic E-state index is 0.0366. The molecule has 2 heterocycles. The van der Waals surface area contributed by atoms with E-state index in [0.29, 0.717) is 11.3 Å². The summed E-state index contributed by atoms with van der Waals surface area (Å²) in [6, 6.07) is 0. The van der Waals surface area contributed by atoms with E-state index >= 15 is 0 Å². The number of carboxylic acid groups (broad SMARTS) is 1. The Balaban J connectivity index is 2.03. The van der Waals surface area contributed by atoms with Crippen molar-refractivity contribution in [1.82, 2.24) is 19.6 Å². The number of hydrogen-bond acceptors (Lipinski definition) is 4. The Labute approximate surface area is 121 Å². The average molecular weight is 291 g/mol. The fourth-order valence-electron chi connectivity index (χ4n) is 1.90. The Bertz CT molecular complexity index is 659. The van der Waals surface area contributed by atoms with E-state index in [1.807, 2.05) is 13.8 Å². The quantitative estimate of drug-likeness (QED) is 0.830. The summed E-state index contributed by atoms with van der Waals surface area (Å²) in [5.74, 6) is -1.20. The molecule has 0 aliphatic carbocycles. The number of rotatable bonds is 6. The molecule has 0 saturated carbocycles. The van der Waals surface area contributed by atoms with Gasteiger partial charge in [-0.05, 0) is 13.8 Å². The van der Waals surface area contributed by atoms with Gasteiger partial charge in [0, 0.05) is 12.7 Å². The zero-order valence-corrected chi connectivity index (χ0v) is 11.9. The van der Waals surface area contributed by atoms with Crippen LogP contribution in [0.3, 0.4) is 0 Å². The van der Waals surface area contributed by atoms with E-state index in [2.05, 4.69) is 15.5 Å². The Hall–Kier alpha value is -2.64. The smallest absolute Gasteiger partial charge is 0.305 e. The molecule has 21 heavy (non-hydrogen) atoms. The van der Waals surface area contributed by atoms with Crippen LogP contribution >= 0.6 is 0 Å². The average Bonchev–Trinajstić information content (AvgIpc) is 3.04. The number of amides is 1. The van der Waals surface area contributed by atoms with Crippen LogP contribution in [0.4, 0.5) is 5.69 Å². The van der Waals surface area contributed by atoms with Gasteiger partial charge in [0.2, 0.25) is 0 Å². The lowest BCUT2D eigenvalue weighted by atomic mass is 10.3. The molecule has 0 aliphatic rings. The molecule has 0 spiro atoms. The Morgan fingerprint density at radius 3 is 2.71 bits per heavy atom. The standard InChI is InChI=1S/C13H17N5O3/c1-3-18-9(2)11(7-15-18)16-13(21)10-6-14-17(8-10)5-4-12(19)20/h6-8H,3-5H2,1-2H3,(H,16,21)(H,19,20). The second kappa shape index (κ2) is 6.21. The monoisotopic (exact) mass is 291 g/mol. The molecule has 2 aromatic heterocycles. The number of nitrogens with zero attached hydrogens (tertiary/aromatic N) is 4. The fourth-order valence-corrected chi connectivity index (χ4v) is 1.90. The van der Waals surface area contributed by atoms with Crippen molar-refractivity contribution in [2.45, 2.75) is 33.4 Å². The highest BCUT2D eigenvalue weighted by Gasteiger charge is 2.13. The van der Waals surface area contributed by atoms with Crippen molar-refractivity contribution in [3.8, 4) is 0 Å². The molecule has 0 bridgehead atoms. The molecule has 2 N–H and O–H groups in total. The van der Waals surface area contributed by atoms with E-state index in [-0.39, 0.29) is 18.9 Å². The third-order valence-corrected chi connectivity index (χ3v) is 3.10. The van der Waals surface area contributed by atoms with Gasteiger partial charge in [0.05, 0.1) is 42.3 Å². The number of anilines is 1. The van der Waals surface area contributed by atoms with E-state index in [0.717, 1.165) is 12.2 Å². The molecule has 8 heteroatoms. The van der Waals surface area contributed by atoms with Gasteiger partial charge < -0.3 is 10.4 Å². The molecule has 8 nitrogen and oxygen atoms in total. The number of carboxylic acids is 1. The number of aliphatic carboxylic acids is 1. The zero-order chi connectivity index (χ0) is 15.4. The molecule has 0 fully saturated rings. The first kappa shape index (κ1) is 14.8. The molecule has 0 saturated heterocycles. The lowest BCUT2D eigenvalue weighted by Crippen LogP contribution is -2.12. The zero-order valence-electron chi connectivity index (χ0n) is 11.9. The highest BCUT2D eigenvalue weighted by Crippen LogP contribution is 2.14. The van der Waals surface area contributed by atoms with Crippen LogP contribution in [-0.4, -0.2) is 36.5 Å². The number of nitrogens with one attached hydrogen (secondary N) is 1. The fraction of sp³-hybridized carbons (Fsp3) is 0.385. The summed E-state index contributed by atoms with van der Waals surface area (Å²) >= 11 is 0. The summed E-state index contributed by atoms with van der Waals surface area (Å²) in [6.07, 6.45) is 4.51. The van der Waals surface area contributed by atoms with Crippen molar-refractivity contribution >= 4 is 17.6 Å². The second-order valence-electron chi connectivity index (χ2n) is 4.55. The first-order valence-electron chi connectivity index (χ1n) is 6.59. The van der Waals surface area contributed by atoms with Gasteiger partial charge in [0.25, 0.3) is 5.91 Å². The maximum absolute atomic E-state index is 12.1. The molecule has 0 aromatic carbocycles. The van der Waals surface area contributed by atoms with Crippen molar-refractivity contribution in [1.29, 1.82) is 0 Å². The van der Waals surface area contributed by atoms with E-state index in [1.165, 1.54) is 17.1 Å². The topological polar surface area (TPSA) is 102 Å². The molecule has 0 radical (unpaired) electrons. The third-order valence-electron chi connectivity index (χ3n) is 3.10. The first-order valence-corrected chi connectivity index (χ1v) is 6.59. The first-order chi connectivity index (χ1) is 10.0. The normalized spacial score (nSPS) is 10.6. The van der Waals surface area contributed by atoms with Crippen LogP contribution in [0.15, 0.2) is 18.6 Å². The minimum atomic E-state index is -0.904. The van der Waals surface area contributed by atoms with Crippen molar-refractivity contribution in [3.05, 3.63) is 29.8 Å². The Kier molecular flexibility index (Phi) is 4.36. The van der Waals surface area contributed by atoms with Crippen molar-refractivity contribution < 1.29 is 14.7 Å². The molecule has 0 atom stereocenters. The lowest BCUT2D eigenvalue weighted by molar-refractivity contribution is -0.137. The summed E-state index contributed by atoms with van der Waals surface area (Å²) < 4.78 is 3.22. The molecule has 1 amide bonds. The molecule has 0 unspecified atom stereocenters. The van der Waals surface area contributed by atoms with E-state index in [4.69, 9.17) is 5.11 Å². The SMILES string of the molecule is CCn1ncc(NC(=O)c2cnn(CCC(=O)O)c2)c1C. The van der Waals surface area contributed by atoms with Crippen molar-refractivity contribution in [3.63, 3.8) is 0 Å². The Morgan fingerprint density at radius 2 is 2.10 bits per heavy atom. The van der Waals surface area contributed by atoms with Crippen molar-refractivity contribution in [2.75, 3.05) is 5.32 Å². The van der Waals surface area contributed by atoms with Crippen LogP contribution in [0.1, 0.15) is 29.4 Å². The summed E-state index contributed by atoms with van der Waals surface area (Å²) in [5, 5.41) is 19.5. The molecule has 2 rings (SSSR count). The molecule has 2 aromatic rings. The van der Waals surface area contributed by atoms with Gasteiger partial charge >= 0.3 is 5.97 Å². The molecule has 112 valence electrons.